The first kappa shape index (κ1) is 74.7. The van der Waals surface area contributed by atoms with E-state index in [1.165, 1.54) is 76.1 Å². The number of pyridine rings is 6. The van der Waals surface area contributed by atoms with Gasteiger partial charge in [-0.25, -0.2) is 15.0 Å². The molecule has 0 fully saturated rings. The van der Waals surface area contributed by atoms with Crippen LogP contribution in [0.15, 0.2) is 419 Å². The number of nitriles is 3. The van der Waals surface area contributed by atoms with E-state index in [1.54, 1.807) is 0 Å². The van der Waals surface area contributed by atoms with Crippen molar-refractivity contribution in [1.29, 1.82) is 15.8 Å². The third-order valence-electron chi connectivity index (χ3n) is 24.3. The van der Waals surface area contributed by atoms with E-state index in [1.807, 2.05) is 110 Å². The van der Waals surface area contributed by atoms with Crippen LogP contribution in [0.1, 0.15) is 16.7 Å². The third kappa shape index (κ3) is 14.0. The van der Waals surface area contributed by atoms with Gasteiger partial charge in [0.15, 0.2) is 0 Å². The second kappa shape index (κ2) is 31.9. The van der Waals surface area contributed by atoms with Crippen LogP contribution in [0, 0.1) is 34.0 Å². The molecule has 6 aromatic heterocycles. The molecule has 18 aromatic carbocycles. The Labute approximate surface area is 725 Å². The van der Waals surface area contributed by atoms with Gasteiger partial charge in [-0.15, -0.1) is 0 Å². The Morgan fingerprint density at radius 3 is 0.794 bits per heavy atom. The Morgan fingerprint density at radius 1 is 0.159 bits per heavy atom. The Morgan fingerprint density at radius 2 is 0.413 bits per heavy atom. The van der Waals surface area contributed by atoms with E-state index < -0.39 is 0 Å². The Balaban J connectivity index is 0.000000112. The molecule has 6 heterocycles. The fourth-order valence-corrected chi connectivity index (χ4v) is 17.9. The van der Waals surface area contributed by atoms with Crippen molar-refractivity contribution >= 4 is 130 Å². The highest BCUT2D eigenvalue weighted by Gasteiger charge is 2.18. The highest BCUT2D eigenvalue weighted by atomic mass is 14.8. The lowest BCUT2D eigenvalue weighted by molar-refractivity contribution is 1.37. The Bertz CT molecular complexity index is 8680. The van der Waals surface area contributed by atoms with Crippen molar-refractivity contribution < 1.29 is 0 Å². The van der Waals surface area contributed by atoms with Crippen LogP contribution in [-0.2, 0) is 0 Å². The van der Waals surface area contributed by atoms with Crippen molar-refractivity contribution in [2.24, 2.45) is 0 Å². The van der Waals surface area contributed by atoms with Crippen LogP contribution >= 0.6 is 0 Å². The van der Waals surface area contributed by atoms with Crippen LogP contribution in [-0.4, -0.2) is 29.9 Å². The zero-order valence-electron chi connectivity index (χ0n) is 67.9. The Kier molecular flexibility index (Phi) is 18.9. The molecule has 0 unspecified atom stereocenters. The quantitative estimate of drug-likeness (QED) is 0.129. The molecule has 0 amide bonds. The zero-order valence-corrected chi connectivity index (χ0v) is 67.9. The molecule has 24 rings (SSSR count). The maximum Gasteiger partial charge on any atom is 0.0991 e. The van der Waals surface area contributed by atoms with E-state index in [0.29, 0.717) is 16.7 Å². The molecule has 0 saturated carbocycles. The predicted molar refractivity (Wildman–Crippen MR) is 519 cm³/mol. The van der Waals surface area contributed by atoms with Crippen LogP contribution in [0.4, 0.5) is 0 Å². The fraction of sp³-hybridized carbons (Fsp3) is 0. The number of hydrogen-bond acceptors (Lipinski definition) is 9. The molecule has 0 aliphatic carbocycles. The molecule has 0 saturated heterocycles. The van der Waals surface area contributed by atoms with Crippen molar-refractivity contribution in [3.63, 3.8) is 0 Å². The van der Waals surface area contributed by atoms with E-state index in [2.05, 4.69) is 343 Å². The molecule has 0 atom stereocenters. The summed E-state index contributed by atoms with van der Waals surface area (Å²) in [6.07, 6.45) is 5.49. The molecule has 0 N–H and O–H groups in total. The first-order chi connectivity index (χ1) is 62.2. The maximum atomic E-state index is 9.27. The normalized spacial score (nSPS) is 11.3. The molecule has 0 aliphatic heterocycles. The molecule has 126 heavy (non-hydrogen) atoms. The Hall–Kier alpha value is -17.6. The van der Waals surface area contributed by atoms with Gasteiger partial charge in [-0.05, 0) is 253 Å². The maximum absolute atomic E-state index is 9.27. The van der Waals surface area contributed by atoms with E-state index in [4.69, 9.17) is 25.5 Å². The summed E-state index contributed by atoms with van der Waals surface area (Å²) in [6, 6.07) is 146. The summed E-state index contributed by atoms with van der Waals surface area (Å²) < 4.78 is 0. The van der Waals surface area contributed by atoms with Crippen molar-refractivity contribution in [3.05, 3.63) is 436 Å². The minimum Gasteiger partial charge on any atom is -0.254 e. The number of nitrogens with zero attached hydrogens (tertiary/aromatic N) is 9. The predicted octanol–water partition coefficient (Wildman–Crippen LogP) is 29.9. The summed E-state index contributed by atoms with van der Waals surface area (Å²) in [7, 11) is 0. The first-order valence-electron chi connectivity index (χ1n) is 41.9. The van der Waals surface area contributed by atoms with Gasteiger partial charge in [-0.2, -0.15) is 15.8 Å². The van der Waals surface area contributed by atoms with E-state index in [9.17, 15) is 5.26 Å². The van der Waals surface area contributed by atoms with E-state index in [0.717, 1.165) is 154 Å². The smallest absolute Gasteiger partial charge is 0.0991 e. The minimum absolute atomic E-state index is 0.662. The van der Waals surface area contributed by atoms with Gasteiger partial charge in [0.1, 0.15) is 0 Å². The highest BCUT2D eigenvalue weighted by Crippen LogP contribution is 2.42. The second-order valence-electron chi connectivity index (χ2n) is 31.8. The van der Waals surface area contributed by atoms with Crippen LogP contribution in [0.5, 0.6) is 0 Å². The summed E-state index contributed by atoms with van der Waals surface area (Å²) in [4.78, 5) is 29.2. The standard InChI is InChI=1S/3C39H23N3/c40-24-25-9-11-26(12-10-25)33-7-1-4-31-22-29(15-18-34(31)33)30-16-19-35-32(23-30)5-2-8-36(35)37-20-17-28-14-13-27-6-3-21-41-38(27)39(28)42-37;40-24-25-6-8-26(9-7-25)29-12-13-31-22-32(15-14-30(31)21-29)33-16-18-35-34(23-33)3-1-5-36(35)37-19-17-28-11-10-27-4-2-20-41-38(27)39(28)42-37;40-24-25-10-12-26(13-11-25)36-23-32(22-30-5-1-2-8-33(30)36)29-16-18-34-31(21-29)6-3-9-35(34)37-19-17-28-15-14-27-7-4-20-41-38(27)39(28)42-37/h3*1-23H. The number of aromatic nitrogens is 6. The average molecular weight is 1600 g/mol. The van der Waals surface area contributed by atoms with E-state index >= 15 is 0 Å². The van der Waals surface area contributed by atoms with Gasteiger partial charge < -0.3 is 0 Å². The van der Waals surface area contributed by atoms with E-state index in [-0.39, 0.29) is 0 Å². The van der Waals surface area contributed by atoms with Gasteiger partial charge in [0, 0.05) is 67.6 Å². The second-order valence-corrected chi connectivity index (χ2v) is 31.8. The lowest BCUT2D eigenvalue weighted by Gasteiger charge is -2.13. The molecule has 0 spiro atoms. The molecule has 0 radical (unpaired) electrons. The van der Waals surface area contributed by atoms with Gasteiger partial charge in [-0.3, -0.25) is 15.0 Å². The fourth-order valence-electron chi connectivity index (χ4n) is 17.9. The van der Waals surface area contributed by atoms with Gasteiger partial charge in [-0.1, -0.05) is 279 Å². The van der Waals surface area contributed by atoms with Gasteiger partial charge in [0.2, 0.25) is 0 Å². The monoisotopic (exact) mass is 1600 g/mol. The highest BCUT2D eigenvalue weighted by molar-refractivity contribution is 6.10. The van der Waals surface area contributed by atoms with Crippen molar-refractivity contribution in [2.75, 3.05) is 0 Å². The minimum atomic E-state index is 0.662. The molecule has 9 heteroatoms. The summed E-state index contributed by atoms with van der Waals surface area (Å²) >= 11 is 0. The summed E-state index contributed by atoms with van der Waals surface area (Å²) in [5.41, 5.74) is 27.5. The molecule has 0 aliphatic rings. The van der Waals surface area contributed by atoms with Crippen molar-refractivity contribution in [1.82, 2.24) is 29.9 Å². The average Bonchev–Trinajstić information content (AvgIpc) is 0.769. The zero-order chi connectivity index (χ0) is 84.1. The number of fused-ring (bicyclic) bond motifs is 15. The number of rotatable bonds is 9. The van der Waals surface area contributed by atoms with Crippen molar-refractivity contribution in [2.45, 2.75) is 0 Å². The van der Waals surface area contributed by atoms with Gasteiger partial charge in [0.05, 0.1) is 85.1 Å². The van der Waals surface area contributed by atoms with Crippen LogP contribution in [0.25, 0.3) is 231 Å². The first-order valence-corrected chi connectivity index (χ1v) is 41.9. The molecule has 24 aromatic rings. The van der Waals surface area contributed by atoms with Crippen LogP contribution in [0.3, 0.4) is 0 Å². The molecular formula is C117H69N9. The number of benzene rings is 18. The van der Waals surface area contributed by atoms with Crippen LogP contribution < -0.4 is 0 Å². The van der Waals surface area contributed by atoms with Crippen LogP contribution in [0.2, 0.25) is 0 Å². The van der Waals surface area contributed by atoms with Crippen molar-refractivity contribution in [3.8, 4) is 119 Å². The molecule has 582 valence electrons. The summed E-state index contributed by atoms with van der Waals surface area (Å²) in [5, 5.41) is 48.2. The van der Waals surface area contributed by atoms with Gasteiger partial charge >= 0.3 is 0 Å². The molecule has 0 bridgehead atoms. The summed E-state index contributed by atoms with van der Waals surface area (Å²) in [6.45, 7) is 0. The topological polar surface area (TPSA) is 149 Å². The van der Waals surface area contributed by atoms with Gasteiger partial charge in [0.25, 0.3) is 0 Å². The largest absolute Gasteiger partial charge is 0.254 e. The summed E-state index contributed by atoms with van der Waals surface area (Å²) in [5.74, 6) is 0. The lowest BCUT2D eigenvalue weighted by Crippen LogP contribution is -1.90. The third-order valence-corrected chi connectivity index (χ3v) is 24.3. The molecule has 9 nitrogen and oxygen atoms in total. The SMILES string of the molecule is N#Cc1ccc(-c2cc(-c3ccc4c(-c5ccc6ccc7cccnc7c6n5)cccc4c3)cc3ccccc23)cc1.N#Cc1ccc(-c2ccc3cc(-c4ccc5c(-c6ccc7ccc8cccnc8c7n6)cccc5c4)ccc3c2)cc1.N#Cc1ccc(-c2cccc3cc(-c4ccc5c(-c6ccc7ccc8cccnc8c7n6)cccc5c4)ccc23)cc1. The molecular weight excluding hydrogens is 1530 g/mol. The lowest BCUT2D eigenvalue weighted by atomic mass is 9.91. The number of hydrogen-bond donors (Lipinski definition) is 0.